The summed E-state index contributed by atoms with van der Waals surface area (Å²) in [6.07, 6.45) is 4.98. The topological polar surface area (TPSA) is 79.9 Å². The number of nitrogens with zero attached hydrogens (tertiary/aromatic N) is 1. The fourth-order valence-corrected chi connectivity index (χ4v) is 5.43. The molecule has 0 aliphatic carbocycles. The Morgan fingerprint density at radius 2 is 1.46 bits per heavy atom. The van der Waals surface area contributed by atoms with Crippen LogP contribution in [0, 0.1) is 5.92 Å². The Hall–Kier alpha value is -3.36. The number of amides is 2. The lowest BCUT2D eigenvalue weighted by Crippen LogP contribution is -2.33. The number of likely N-dealkylation sites (tertiary alicyclic amines) is 1. The second kappa shape index (κ2) is 15.6. The molecule has 1 aliphatic heterocycles. The minimum Gasteiger partial charge on any atom is -0.493 e. The van der Waals surface area contributed by atoms with Crippen molar-refractivity contribution < 1.29 is 19.1 Å². The molecule has 0 atom stereocenters. The highest BCUT2D eigenvalue weighted by molar-refractivity contribution is 9.10. The van der Waals surface area contributed by atoms with Crippen molar-refractivity contribution in [2.24, 2.45) is 5.92 Å². The van der Waals surface area contributed by atoms with Crippen LogP contribution >= 0.6 is 15.9 Å². The third kappa shape index (κ3) is 9.61. The number of ether oxygens (including phenoxy) is 2. The van der Waals surface area contributed by atoms with Gasteiger partial charge in [0, 0.05) is 36.1 Å². The molecule has 1 aliphatic rings. The van der Waals surface area contributed by atoms with Gasteiger partial charge in [-0.3, -0.25) is 14.5 Å². The normalized spacial score (nSPS) is 13.9. The Balaban J connectivity index is 1.10. The minimum absolute atomic E-state index is 0.0782. The molecule has 3 aromatic carbocycles. The van der Waals surface area contributed by atoms with E-state index < -0.39 is 0 Å². The van der Waals surface area contributed by atoms with Crippen LogP contribution in [0.5, 0.6) is 11.5 Å². The van der Waals surface area contributed by atoms with Gasteiger partial charge in [-0.05, 0) is 97.8 Å². The van der Waals surface area contributed by atoms with Crippen LogP contribution in [0.3, 0.4) is 0 Å². The zero-order valence-electron chi connectivity index (χ0n) is 24.0. The lowest BCUT2D eigenvalue weighted by molar-refractivity contribution is -0.121. The van der Waals surface area contributed by atoms with Gasteiger partial charge in [-0.15, -0.1) is 0 Å². The summed E-state index contributed by atoms with van der Waals surface area (Å²) in [5.74, 6) is 1.90. The molecule has 0 unspecified atom stereocenters. The van der Waals surface area contributed by atoms with E-state index in [0.717, 1.165) is 48.1 Å². The Morgan fingerprint density at radius 1 is 0.829 bits per heavy atom. The van der Waals surface area contributed by atoms with Gasteiger partial charge in [0.2, 0.25) is 5.91 Å². The lowest BCUT2D eigenvalue weighted by atomic mass is 9.91. The number of hydrogen-bond donors (Lipinski definition) is 2. The van der Waals surface area contributed by atoms with Crippen LogP contribution < -0.4 is 20.1 Å². The lowest BCUT2D eigenvalue weighted by Gasteiger charge is -2.32. The summed E-state index contributed by atoms with van der Waals surface area (Å²) in [6.45, 7) is 4.09. The van der Waals surface area contributed by atoms with Crippen molar-refractivity contribution >= 4 is 27.7 Å². The Bertz CT molecular complexity index is 1270. The number of hydrogen-bond acceptors (Lipinski definition) is 5. The molecule has 1 fully saturated rings. The van der Waals surface area contributed by atoms with Gasteiger partial charge in [-0.2, -0.15) is 0 Å². The van der Waals surface area contributed by atoms with E-state index in [0.29, 0.717) is 42.5 Å². The van der Waals surface area contributed by atoms with Crippen LogP contribution in [0.2, 0.25) is 0 Å². The summed E-state index contributed by atoms with van der Waals surface area (Å²) in [4.78, 5) is 27.5. The molecular weight excluding hydrogens is 582 g/mol. The summed E-state index contributed by atoms with van der Waals surface area (Å²) in [5, 5.41) is 5.95. The Morgan fingerprint density at radius 3 is 2.15 bits per heavy atom. The predicted octanol–water partition coefficient (Wildman–Crippen LogP) is 6.10. The van der Waals surface area contributed by atoms with Crippen LogP contribution in [0.4, 0.5) is 0 Å². The number of benzene rings is 3. The van der Waals surface area contributed by atoms with Crippen molar-refractivity contribution in [3.05, 3.63) is 93.5 Å². The number of methoxy groups -OCH3 is 2. The fraction of sp³-hybridized carbons (Fsp3) is 0.394. The number of nitrogens with one attached hydrogen (secondary N) is 2. The van der Waals surface area contributed by atoms with Gasteiger partial charge in [-0.25, -0.2) is 0 Å². The van der Waals surface area contributed by atoms with E-state index in [1.807, 2.05) is 30.3 Å². The summed E-state index contributed by atoms with van der Waals surface area (Å²) in [6, 6.07) is 21.5. The van der Waals surface area contributed by atoms with Crippen molar-refractivity contribution in [3.8, 4) is 11.5 Å². The van der Waals surface area contributed by atoms with E-state index in [4.69, 9.17) is 9.47 Å². The van der Waals surface area contributed by atoms with Crippen LogP contribution in [-0.4, -0.2) is 44.0 Å². The van der Waals surface area contributed by atoms with Crippen molar-refractivity contribution in [2.45, 2.75) is 51.7 Å². The molecule has 0 spiro atoms. The number of halogens is 1. The molecule has 0 radical (unpaired) electrons. The maximum Gasteiger partial charge on any atom is 0.251 e. The van der Waals surface area contributed by atoms with E-state index >= 15 is 0 Å². The minimum atomic E-state index is -0.158. The molecule has 218 valence electrons. The zero-order chi connectivity index (χ0) is 29.0. The first-order valence-corrected chi connectivity index (χ1v) is 15.0. The molecule has 1 saturated heterocycles. The van der Waals surface area contributed by atoms with Gasteiger partial charge in [-0.1, -0.05) is 46.3 Å². The molecule has 2 amide bonds. The van der Waals surface area contributed by atoms with Crippen molar-refractivity contribution in [1.82, 2.24) is 15.5 Å². The van der Waals surface area contributed by atoms with Gasteiger partial charge in [0.1, 0.15) is 0 Å². The molecule has 4 rings (SSSR count). The fourth-order valence-electron chi connectivity index (χ4n) is 5.17. The molecule has 1 heterocycles. The zero-order valence-corrected chi connectivity index (χ0v) is 25.5. The van der Waals surface area contributed by atoms with Gasteiger partial charge in [0.05, 0.1) is 14.2 Å². The largest absolute Gasteiger partial charge is 0.493 e. The van der Waals surface area contributed by atoms with Crippen molar-refractivity contribution in [1.29, 1.82) is 0 Å². The smallest absolute Gasteiger partial charge is 0.251 e. The molecule has 0 aromatic heterocycles. The third-order valence-corrected chi connectivity index (χ3v) is 8.18. The molecule has 0 saturated carbocycles. The maximum absolute atomic E-state index is 12.6. The summed E-state index contributed by atoms with van der Waals surface area (Å²) >= 11 is 3.50. The second-order valence-corrected chi connectivity index (χ2v) is 11.5. The number of carbonyl (C=O) groups is 2. The third-order valence-electron chi connectivity index (χ3n) is 7.65. The quantitative estimate of drug-likeness (QED) is 0.241. The number of carbonyl (C=O) groups excluding carboxylic acids is 2. The van der Waals surface area contributed by atoms with E-state index in [-0.39, 0.29) is 11.8 Å². The van der Waals surface area contributed by atoms with Gasteiger partial charge < -0.3 is 20.1 Å². The molecule has 7 nitrogen and oxygen atoms in total. The van der Waals surface area contributed by atoms with E-state index in [1.54, 1.807) is 26.4 Å². The molecule has 41 heavy (non-hydrogen) atoms. The number of rotatable bonds is 13. The highest BCUT2D eigenvalue weighted by Crippen LogP contribution is 2.27. The molecule has 3 aromatic rings. The molecule has 0 bridgehead atoms. The first-order chi connectivity index (χ1) is 19.9. The standard InChI is InChI=1S/C33H40BrN3O4/c1-40-30-15-10-27(20-31(30)41-2)22-36-33(39)28-11-6-25(7-12-28)21-35-32(38)5-3-4-24-16-18-37(19-17-24)23-26-8-13-29(34)14-9-26/h6-15,20,24H,3-5,16-19,21-23H2,1-2H3,(H,35,38)(H,36,39). The average Bonchev–Trinajstić information content (AvgIpc) is 3.01. The van der Waals surface area contributed by atoms with Crippen molar-refractivity contribution in [2.75, 3.05) is 27.3 Å². The SMILES string of the molecule is COc1ccc(CNC(=O)c2ccc(CNC(=O)CCCC3CCN(Cc4ccc(Br)cc4)CC3)cc2)cc1OC. The summed E-state index contributed by atoms with van der Waals surface area (Å²) in [5.41, 5.74) is 3.81. The highest BCUT2D eigenvalue weighted by atomic mass is 79.9. The summed E-state index contributed by atoms with van der Waals surface area (Å²) < 4.78 is 11.7. The van der Waals surface area contributed by atoms with Crippen LogP contribution in [0.25, 0.3) is 0 Å². The first-order valence-electron chi connectivity index (χ1n) is 14.2. The van der Waals surface area contributed by atoms with Crippen LogP contribution in [0.1, 0.15) is 59.2 Å². The van der Waals surface area contributed by atoms with Crippen LogP contribution in [-0.2, 0) is 24.4 Å². The molecule has 2 N–H and O–H groups in total. The average molecular weight is 623 g/mol. The predicted molar refractivity (Wildman–Crippen MR) is 165 cm³/mol. The molecular formula is C33H40BrN3O4. The monoisotopic (exact) mass is 621 g/mol. The van der Waals surface area contributed by atoms with E-state index in [1.165, 1.54) is 18.4 Å². The number of piperidine rings is 1. The van der Waals surface area contributed by atoms with Gasteiger partial charge in [0.15, 0.2) is 11.5 Å². The van der Waals surface area contributed by atoms with Crippen LogP contribution in [0.15, 0.2) is 71.2 Å². The Labute approximate surface area is 251 Å². The maximum atomic E-state index is 12.6. The van der Waals surface area contributed by atoms with Gasteiger partial charge >= 0.3 is 0 Å². The van der Waals surface area contributed by atoms with Gasteiger partial charge in [0.25, 0.3) is 5.91 Å². The first kappa shape index (κ1) is 30.6. The molecule has 8 heteroatoms. The second-order valence-electron chi connectivity index (χ2n) is 10.6. The van der Waals surface area contributed by atoms with E-state index in [9.17, 15) is 9.59 Å². The Kier molecular flexibility index (Phi) is 11.6. The van der Waals surface area contributed by atoms with E-state index in [2.05, 4.69) is 55.7 Å². The highest BCUT2D eigenvalue weighted by Gasteiger charge is 2.19. The summed E-state index contributed by atoms with van der Waals surface area (Å²) in [7, 11) is 3.17. The van der Waals surface area contributed by atoms with Crippen molar-refractivity contribution in [3.63, 3.8) is 0 Å².